The number of nitrogens with zero attached hydrogens (tertiary/aromatic N) is 1. The molecule has 40 heavy (non-hydrogen) atoms. The summed E-state index contributed by atoms with van der Waals surface area (Å²) in [5.41, 5.74) is 3.33. The van der Waals surface area contributed by atoms with E-state index < -0.39 is 6.04 Å². The molecule has 1 N–H and O–H groups in total. The van der Waals surface area contributed by atoms with Gasteiger partial charge in [-0.15, -0.1) is 0 Å². The van der Waals surface area contributed by atoms with Crippen LogP contribution >= 0.6 is 0 Å². The van der Waals surface area contributed by atoms with Gasteiger partial charge in [0.15, 0.2) is 11.5 Å². The molecule has 2 amide bonds. The molecule has 0 aliphatic heterocycles. The highest BCUT2D eigenvalue weighted by molar-refractivity contribution is 5.89. The fourth-order valence-corrected chi connectivity index (χ4v) is 4.51. The van der Waals surface area contributed by atoms with E-state index in [0.717, 1.165) is 28.0 Å². The van der Waals surface area contributed by atoms with Crippen molar-refractivity contribution < 1.29 is 23.8 Å². The number of carbonyl (C=O) groups is 2. The topological polar surface area (TPSA) is 77.1 Å². The van der Waals surface area contributed by atoms with Crippen molar-refractivity contribution in [2.24, 2.45) is 0 Å². The number of rotatable bonds is 12. The summed E-state index contributed by atoms with van der Waals surface area (Å²) in [6, 6.07) is 31.1. The summed E-state index contributed by atoms with van der Waals surface area (Å²) in [7, 11) is 4.74. The van der Waals surface area contributed by atoms with Crippen LogP contribution in [-0.4, -0.2) is 38.0 Å². The Bertz CT molecular complexity index is 1390. The zero-order chi connectivity index (χ0) is 28.3. The fourth-order valence-electron chi connectivity index (χ4n) is 4.51. The Kier molecular flexibility index (Phi) is 9.77. The second kappa shape index (κ2) is 13.8. The molecule has 0 aliphatic rings. The molecule has 0 unspecified atom stereocenters. The quantitative estimate of drug-likeness (QED) is 0.264. The molecule has 206 valence electrons. The molecule has 7 heteroatoms. The number of benzene rings is 4. The van der Waals surface area contributed by atoms with Gasteiger partial charge in [0.05, 0.1) is 27.8 Å². The summed E-state index contributed by atoms with van der Waals surface area (Å²) in [6.45, 7) is 0.581. The van der Waals surface area contributed by atoms with Crippen LogP contribution in [0.1, 0.15) is 28.3 Å². The van der Waals surface area contributed by atoms with Crippen molar-refractivity contribution in [3.8, 4) is 17.2 Å². The number of hydrogen-bond acceptors (Lipinski definition) is 5. The van der Waals surface area contributed by atoms with E-state index in [1.807, 2.05) is 91.0 Å². The Morgan fingerprint density at radius 2 is 1.32 bits per heavy atom. The van der Waals surface area contributed by atoms with Crippen LogP contribution in [0.4, 0.5) is 0 Å². The number of ether oxygens (including phenoxy) is 3. The normalized spacial score (nSPS) is 11.3. The van der Waals surface area contributed by atoms with Gasteiger partial charge < -0.3 is 24.4 Å². The van der Waals surface area contributed by atoms with Crippen LogP contribution in [-0.2, 0) is 29.1 Å². The van der Waals surface area contributed by atoms with Crippen LogP contribution in [0.25, 0.3) is 0 Å². The number of nitrogens with one attached hydrogen (secondary N) is 1. The molecular formula is C33H34N2O5. The zero-order valence-corrected chi connectivity index (χ0v) is 23.0. The summed E-state index contributed by atoms with van der Waals surface area (Å²) in [6.07, 6.45) is 0.0856. The minimum absolute atomic E-state index is 0.0856. The first-order chi connectivity index (χ1) is 19.5. The Hall–Kier alpha value is -4.78. The lowest BCUT2D eigenvalue weighted by Gasteiger charge is -2.32. The molecule has 4 aromatic rings. The van der Waals surface area contributed by atoms with E-state index >= 15 is 0 Å². The molecule has 0 fully saturated rings. The first-order valence-corrected chi connectivity index (χ1v) is 13.0. The standard InChI is InChI=1S/C33H34N2O5/c1-38-28-17-14-24(15-18-28)22-34-33(37)32(27-12-8-5-9-13-27)35(23-25-10-6-4-7-11-25)31(36)21-26-16-19-29(39-2)30(20-26)40-3/h4-20,32H,21-23H2,1-3H3,(H,34,37)/t32-/m0/s1. The van der Waals surface area contributed by atoms with Crippen LogP contribution < -0.4 is 19.5 Å². The molecule has 7 nitrogen and oxygen atoms in total. The van der Waals surface area contributed by atoms with Gasteiger partial charge in [-0.1, -0.05) is 78.9 Å². The molecular weight excluding hydrogens is 504 g/mol. The third-order valence-corrected chi connectivity index (χ3v) is 6.62. The number of carbonyl (C=O) groups excluding carboxylic acids is 2. The van der Waals surface area contributed by atoms with Crippen LogP contribution in [0.15, 0.2) is 103 Å². The average Bonchev–Trinajstić information content (AvgIpc) is 3.00. The number of methoxy groups -OCH3 is 3. The maximum absolute atomic E-state index is 14.0. The van der Waals surface area contributed by atoms with Gasteiger partial charge in [0.2, 0.25) is 11.8 Å². The summed E-state index contributed by atoms with van der Waals surface area (Å²) >= 11 is 0. The van der Waals surface area contributed by atoms with E-state index in [0.29, 0.717) is 18.0 Å². The van der Waals surface area contributed by atoms with Crippen LogP contribution in [0.3, 0.4) is 0 Å². The van der Waals surface area contributed by atoms with Crippen molar-refractivity contribution in [1.29, 1.82) is 0 Å². The van der Waals surface area contributed by atoms with E-state index in [1.54, 1.807) is 38.4 Å². The average molecular weight is 539 g/mol. The van der Waals surface area contributed by atoms with Crippen molar-refractivity contribution in [1.82, 2.24) is 10.2 Å². The van der Waals surface area contributed by atoms with Gasteiger partial charge in [-0.25, -0.2) is 0 Å². The van der Waals surface area contributed by atoms with Gasteiger partial charge in [0.1, 0.15) is 11.8 Å². The molecule has 0 aromatic heterocycles. The van der Waals surface area contributed by atoms with E-state index in [1.165, 1.54) is 0 Å². The lowest BCUT2D eigenvalue weighted by atomic mass is 10.0. The van der Waals surface area contributed by atoms with E-state index in [2.05, 4.69) is 5.32 Å². The maximum atomic E-state index is 14.0. The molecule has 1 atom stereocenters. The largest absolute Gasteiger partial charge is 0.497 e. The Labute approximate surface area is 235 Å². The predicted octanol–water partition coefficient (Wildman–Crippen LogP) is 5.34. The third-order valence-electron chi connectivity index (χ3n) is 6.62. The van der Waals surface area contributed by atoms with Gasteiger partial charge in [-0.2, -0.15) is 0 Å². The summed E-state index contributed by atoms with van der Waals surface area (Å²) in [4.78, 5) is 29.5. The summed E-state index contributed by atoms with van der Waals surface area (Å²) < 4.78 is 16.0. The third kappa shape index (κ3) is 7.20. The molecule has 0 saturated carbocycles. The Morgan fingerprint density at radius 3 is 1.95 bits per heavy atom. The van der Waals surface area contributed by atoms with Gasteiger partial charge in [-0.05, 0) is 46.5 Å². The summed E-state index contributed by atoms with van der Waals surface area (Å²) in [5, 5.41) is 3.04. The van der Waals surface area contributed by atoms with Crippen LogP contribution in [0, 0.1) is 0 Å². The van der Waals surface area contributed by atoms with Crippen LogP contribution in [0.5, 0.6) is 17.2 Å². The molecule has 4 rings (SSSR count). The van der Waals surface area contributed by atoms with E-state index in [-0.39, 0.29) is 24.8 Å². The first kappa shape index (κ1) is 28.2. The lowest BCUT2D eigenvalue weighted by Crippen LogP contribution is -2.43. The fraction of sp³-hybridized carbons (Fsp3) is 0.212. The monoisotopic (exact) mass is 538 g/mol. The minimum Gasteiger partial charge on any atom is -0.497 e. The van der Waals surface area contributed by atoms with Gasteiger partial charge in [0.25, 0.3) is 0 Å². The Morgan fingerprint density at radius 1 is 0.700 bits per heavy atom. The van der Waals surface area contributed by atoms with Crippen molar-refractivity contribution in [2.45, 2.75) is 25.6 Å². The zero-order valence-electron chi connectivity index (χ0n) is 23.0. The lowest BCUT2D eigenvalue weighted by molar-refractivity contribution is -0.141. The molecule has 0 spiro atoms. The molecule has 0 saturated heterocycles. The second-order valence-electron chi connectivity index (χ2n) is 9.25. The van der Waals surface area contributed by atoms with Gasteiger partial charge >= 0.3 is 0 Å². The highest BCUT2D eigenvalue weighted by Gasteiger charge is 2.31. The first-order valence-electron chi connectivity index (χ1n) is 13.0. The van der Waals surface area contributed by atoms with E-state index in [4.69, 9.17) is 14.2 Å². The minimum atomic E-state index is -0.840. The predicted molar refractivity (Wildman–Crippen MR) is 154 cm³/mol. The van der Waals surface area contributed by atoms with Crippen molar-refractivity contribution in [3.63, 3.8) is 0 Å². The van der Waals surface area contributed by atoms with Crippen molar-refractivity contribution >= 4 is 11.8 Å². The Balaban J connectivity index is 1.65. The molecule has 4 aromatic carbocycles. The summed E-state index contributed by atoms with van der Waals surface area (Å²) in [5.74, 6) is 1.41. The molecule has 0 heterocycles. The molecule has 0 aliphatic carbocycles. The highest BCUT2D eigenvalue weighted by Crippen LogP contribution is 2.29. The maximum Gasteiger partial charge on any atom is 0.247 e. The number of hydrogen-bond donors (Lipinski definition) is 1. The van der Waals surface area contributed by atoms with Gasteiger partial charge in [0, 0.05) is 13.1 Å². The van der Waals surface area contributed by atoms with E-state index in [9.17, 15) is 9.59 Å². The number of amides is 2. The van der Waals surface area contributed by atoms with Crippen LogP contribution in [0.2, 0.25) is 0 Å². The van der Waals surface area contributed by atoms with Crippen molar-refractivity contribution in [3.05, 3.63) is 125 Å². The van der Waals surface area contributed by atoms with Gasteiger partial charge in [-0.3, -0.25) is 9.59 Å². The molecule has 0 radical (unpaired) electrons. The molecule has 0 bridgehead atoms. The second-order valence-corrected chi connectivity index (χ2v) is 9.25. The smallest absolute Gasteiger partial charge is 0.247 e. The van der Waals surface area contributed by atoms with Crippen molar-refractivity contribution in [2.75, 3.05) is 21.3 Å². The highest BCUT2D eigenvalue weighted by atomic mass is 16.5. The SMILES string of the molecule is COc1ccc(CNC(=O)[C@H](c2ccccc2)N(Cc2ccccc2)C(=O)Cc2ccc(OC)c(OC)c2)cc1.